The standard InChI is InChI=1S/C13H17N7/c1-2-10(1)14-5-11-6-16-12(7-15-11)19-3-4-20-9-17-18-13(20)8-19/h6-7,9-10,14H,1-5,8H2. The molecule has 4 rings (SSSR count). The number of nitrogens with zero attached hydrogens (tertiary/aromatic N) is 6. The molecule has 2 aliphatic rings. The zero-order valence-electron chi connectivity index (χ0n) is 11.2. The van der Waals surface area contributed by atoms with E-state index in [2.05, 4.69) is 34.9 Å². The van der Waals surface area contributed by atoms with E-state index < -0.39 is 0 Å². The van der Waals surface area contributed by atoms with Gasteiger partial charge < -0.3 is 14.8 Å². The Morgan fingerprint density at radius 2 is 2.15 bits per heavy atom. The van der Waals surface area contributed by atoms with Crippen LogP contribution in [0, 0.1) is 0 Å². The molecule has 1 aliphatic carbocycles. The number of nitrogens with one attached hydrogen (secondary N) is 1. The Morgan fingerprint density at radius 3 is 2.95 bits per heavy atom. The van der Waals surface area contributed by atoms with Crippen molar-refractivity contribution < 1.29 is 0 Å². The summed E-state index contributed by atoms with van der Waals surface area (Å²) in [5.74, 6) is 1.90. The van der Waals surface area contributed by atoms with E-state index in [4.69, 9.17) is 0 Å². The molecule has 1 fully saturated rings. The molecule has 104 valence electrons. The second-order valence-electron chi connectivity index (χ2n) is 5.38. The fraction of sp³-hybridized carbons (Fsp3) is 0.538. The highest BCUT2D eigenvalue weighted by molar-refractivity contribution is 5.36. The Bertz CT molecular complexity index is 587. The lowest BCUT2D eigenvalue weighted by Gasteiger charge is -2.27. The van der Waals surface area contributed by atoms with Gasteiger partial charge in [-0.25, -0.2) is 4.98 Å². The van der Waals surface area contributed by atoms with E-state index in [0.717, 1.165) is 43.5 Å². The molecule has 7 nitrogen and oxygen atoms in total. The van der Waals surface area contributed by atoms with Crippen LogP contribution >= 0.6 is 0 Å². The van der Waals surface area contributed by atoms with Crippen molar-refractivity contribution in [1.29, 1.82) is 0 Å². The summed E-state index contributed by atoms with van der Waals surface area (Å²) < 4.78 is 2.08. The van der Waals surface area contributed by atoms with Crippen LogP contribution in [-0.4, -0.2) is 37.3 Å². The third-order valence-electron chi connectivity index (χ3n) is 3.80. The van der Waals surface area contributed by atoms with Gasteiger partial charge in [0, 0.05) is 25.7 Å². The summed E-state index contributed by atoms with van der Waals surface area (Å²) in [6.45, 7) is 3.37. The van der Waals surface area contributed by atoms with Gasteiger partial charge in [0.05, 0.1) is 24.6 Å². The molecule has 2 aromatic rings. The lowest BCUT2D eigenvalue weighted by Crippen LogP contribution is -2.34. The summed E-state index contributed by atoms with van der Waals surface area (Å²) in [6.07, 6.45) is 8.09. The zero-order chi connectivity index (χ0) is 13.4. The molecule has 0 aromatic carbocycles. The molecule has 2 aromatic heterocycles. The highest BCUT2D eigenvalue weighted by Crippen LogP contribution is 2.19. The summed E-state index contributed by atoms with van der Waals surface area (Å²) in [5, 5.41) is 11.5. The van der Waals surface area contributed by atoms with Crippen LogP contribution in [0.25, 0.3) is 0 Å². The second kappa shape index (κ2) is 4.82. The van der Waals surface area contributed by atoms with Crippen LogP contribution in [0.2, 0.25) is 0 Å². The molecule has 0 bridgehead atoms. The average Bonchev–Trinajstić information content (AvgIpc) is 3.21. The predicted molar refractivity (Wildman–Crippen MR) is 73.0 cm³/mol. The molecule has 0 amide bonds. The van der Waals surface area contributed by atoms with Crippen LogP contribution in [-0.2, 0) is 19.6 Å². The number of aromatic nitrogens is 5. The molecule has 0 radical (unpaired) electrons. The van der Waals surface area contributed by atoms with Crippen molar-refractivity contribution in [1.82, 2.24) is 30.0 Å². The normalized spacial score (nSPS) is 18.1. The van der Waals surface area contributed by atoms with Crippen molar-refractivity contribution in [3.8, 4) is 0 Å². The van der Waals surface area contributed by atoms with Crippen LogP contribution in [0.3, 0.4) is 0 Å². The first-order valence-electron chi connectivity index (χ1n) is 7.04. The van der Waals surface area contributed by atoms with Gasteiger partial charge >= 0.3 is 0 Å². The summed E-state index contributed by atoms with van der Waals surface area (Å²) in [4.78, 5) is 11.2. The topological polar surface area (TPSA) is 71.8 Å². The molecule has 0 atom stereocenters. The molecule has 20 heavy (non-hydrogen) atoms. The molecule has 0 saturated heterocycles. The first-order chi connectivity index (χ1) is 9.88. The monoisotopic (exact) mass is 271 g/mol. The molecular formula is C13H17N7. The van der Waals surface area contributed by atoms with Gasteiger partial charge in [-0.3, -0.25) is 4.98 Å². The smallest absolute Gasteiger partial charge is 0.152 e. The molecule has 1 saturated carbocycles. The summed E-state index contributed by atoms with van der Waals surface area (Å²) in [7, 11) is 0. The molecule has 1 N–H and O–H groups in total. The maximum atomic E-state index is 4.52. The molecule has 0 spiro atoms. The fourth-order valence-electron chi connectivity index (χ4n) is 2.40. The lowest BCUT2D eigenvalue weighted by molar-refractivity contribution is 0.555. The molecule has 0 unspecified atom stereocenters. The summed E-state index contributed by atoms with van der Waals surface area (Å²) in [5.41, 5.74) is 1.00. The van der Waals surface area contributed by atoms with E-state index in [-0.39, 0.29) is 0 Å². The third-order valence-corrected chi connectivity index (χ3v) is 3.80. The van der Waals surface area contributed by atoms with Crippen molar-refractivity contribution in [2.45, 2.75) is 38.5 Å². The van der Waals surface area contributed by atoms with E-state index in [9.17, 15) is 0 Å². The van der Waals surface area contributed by atoms with E-state index in [0.29, 0.717) is 6.04 Å². The minimum atomic E-state index is 0.699. The first kappa shape index (κ1) is 11.8. The van der Waals surface area contributed by atoms with E-state index in [1.54, 1.807) is 6.33 Å². The summed E-state index contributed by atoms with van der Waals surface area (Å²) >= 11 is 0. The Labute approximate surface area is 117 Å². The first-order valence-corrected chi connectivity index (χ1v) is 7.04. The maximum absolute atomic E-state index is 4.52. The molecule has 7 heteroatoms. The Balaban J connectivity index is 1.43. The van der Waals surface area contributed by atoms with Crippen LogP contribution in [0.4, 0.5) is 5.82 Å². The molecular weight excluding hydrogens is 254 g/mol. The van der Waals surface area contributed by atoms with Crippen LogP contribution < -0.4 is 10.2 Å². The average molecular weight is 271 g/mol. The van der Waals surface area contributed by atoms with E-state index in [1.165, 1.54) is 12.8 Å². The van der Waals surface area contributed by atoms with Gasteiger partial charge in [0.15, 0.2) is 5.82 Å². The molecule has 3 heterocycles. The van der Waals surface area contributed by atoms with Gasteiger partial charge in [-0.1, -0.05) is 0 Å². The zero-order valence-corrected chi connectivity index (χ0v) is 11.2. The maximum Gasteiger partial charge on any atom is 0.152 e. The number of rotatable bonds is 4. The van der Waals surface area contributed by atoms with Gasteiger partial charge in [0.25, 0.3) is 0 Å². The minimum Gasteiger partial charge on any atom is -0.346 e. The van der Waals surface area contributed by atoms with Crippen LogP contribution in [0.15, 0.2) is 18.7 Å². The lowest BCUT2D eigenvalue weighted by atomic mass is 10.3. The number of hydrogen-bond acceptors (Lipinski definition) is 6. The van der Waals surface area contributed by atoms with Crippen molar-refractivity contribution in [2.75, 3.05) is 11.4 Å². The van der Waals surface area contributed by atoms with Gasteiger partial charge in [-0.15, -0.1) is 10.2 Å². The predicted octanol–water partition coefficient (Wildman–Crippen LogP) is 0.340. The Hall–Kier alpha value is -2.02. The van der Waals surface area contributed by atoms with Crippen molar-refractivity contribution in [3.05, 3.63) is 30.2 Å². The number of anilines is 1. The highest BCUT2D eigenvalue weighted by atomic mass is 15.3. The molecule has 1 aliphatic heterocycles. The quantitative estimate of drug-likeness (QED) is 0.864. The van der Waals surface area contributed by atoms with Crippen LogP contribution in [0.1, 0.15) is 24.4 Å². The van der Waals surface area contributed by atoms with E-state index >= 15 is 0 Å². The van der Waals surface area contributed by atoms with Crippen molar-refractivity contribution in [2.24, 2.45) is 0 Å². The number of fused-ring (bicyclic) bond motifs is 1. The number of hydrogen-bond donors (Lipinski definition) is 1. The Morgan fingerprint density at radius 1 is 1.20 bits per heavy atom. The van der Waals surface area contributed by atoms with Gasteiger partial charge in [0.2, 0.25) is 0 Å². The second-order valence-corrected chi connectivity index (χ2v) is 5.38. The fourth-order valence-corrected chi connectivity index (χ4v) is 2.40. The van der Waals surface area contributed by atoms with Crippen molar-refractivity contribution >= 4 is 5.82 Å². The van der Waals surface area contributed by atoms with Crippen LogP contribution in [0.5, 0.6) is 0 Å². The minimum absolute atomic E-state index is 0.699. The van der Waals surface area contributed by atoms with Gasteiger partial charge in [-0.05, 0) is 12.8 Å². The SMILES string of the molecule is c1nc(N2CCn3cnnc3C2)cnc1CNC1CC1. The third kappa shape index (κ3) is 2.36. The Kier molecular flexibility index (Phi) is 2.84. The van der Waals surface area contributed by atoms with E-state index in [1.807, 2.05) is 12.4 Å². The van der Waals surface area contributed by atoms with Gasteiger partial charge in [-0.2, -0.15) is 0 Å². The largest absolute Gasteiger partial charge is 0.346 e. The van der Waals surface area contributed by atoms with Crippen molar-refractivity contribution in [3.63, 3.8) is 0 Å². The van der Waals surface area contributed by atoms with Gasteiger partial charge in [0.1, 0.15) is 12.1 Å². The summed E-state index contributed by atoms with van der Waals surface area (Å²) in [6, 6.07) is 0.699. The highest BCUT2D eigenvalue weighted by Gasteiger charge is 2.21.